The maximum atomic E-state index is 10.4. The van der Waals surface area contributed by atoms with Crippen molar-refractivity contribution in [1.82, 2.24) is 0 Å². The van der Waals surface area contributed by atoms with Gasteiger partial charge in [0.1, 0.15) is 0 Å². The molecule has 4 atom stereocenters. The quantitative estimate of drug-likeness (QED) is 0.698. The first-order chi connectivity index (χ1) is 10.2. The molecule has 0 heterocycles. The molecule has 1 aliphatic carbocycles. The Hall–Kier alpha value is -0.820. The molecule has 0 bridgehead atoms. The Kier molecular flexibility index (Phi) is 6.76. The van der Waals surface area contributed by atoms with Crippen LogP contribution in [0.15, 0.2) is 30.3 Å². The molecule has 1 aromatic carbocycles. The van der Waals surface area contributed by atoms with Crippen LogP contribution in [0.4, 0.5) is 0 Å². The van der Waals surface area contributed by atoms with Crippen LogP contribution in [0.2, 0.25) is 0 Å². The van der Waals surface area contributed by atoms with E-state index in [0.717, 1.165) is 18.8 Å². The molecule has 0 saturated heterocycles. The lowest BCUT2D eigenvalue weighted by atomic mass is 9.72. The first kappa shape index (κ1) is 16.5. The Labute approximate surface area is 130 Å². The van der Waals surface area contributed by atoms with E-state index in [-0.39, 0.29) is 6.10 Å². The Bertz CT molecular complexity index is 386. The summed E-state index contributed by atoms with van der Waals surface area (Å²) < 4.78 is 0. The number of rotatable bonds is 7. The van der Waals surface area contributed by atoms with Crippen LogP contribution in [0, 0.1) is 11.8 Å². The first-order valence-corrected chi connectivity index (χ1v) is 8.97. The highest BCUT2D eigenvalue weighted by molar-refractivity contribution is 5.20. The van der Waals surface area contributed by atoms with Crippen molar-refractivity contribution in [3.8, 4) is 0 Å². The van der Waals surface area contributed by atoms with E-state index < -0.39 is 0 Å². The van der Waals surface area contributed by atoms with E-state index >= 15 is 0 Å². The Balaban J connectivity index is 1.94. The molecule has 0 aliphatic heterocycles. The predicted octanol–water partition coefficient (Wildman–Crippen LogP) is 5.54. The van der Waals surface area contributed by atoms with Gasteiger partial charge in [0.15, 0.2) is 0 Å². The van der Waals surface area contributed by atoms with E-state index in [1.807, 2.05) is 0 Å². The molecule has 2 rings (SSSR count). The molecule has 1 N–H and O–H groups in total. The van der Waals surface area contributed by atoms with E-state index in [0.29, 0.717) is 11.8 Å². The number of hydrogen-bond donors (Lipinski definition) is 1. The smallest absolute Gasteiger partial charge is 0.0568 e. The minimum atomic E-state index is -0.0689. The fourth-order valence-electron chi connectivity index (χ4n) is 3.94. The average molecular weight is 288 g/mol. The summed E-state index contributed by atoms with van der Waals surface area (Å²) in [6, 6.07) is 10.9. The Morgan fingerprint density at radius 3 is 2.57 bits per heavy atom. The van der Waals surface area contributed by atoms with Crippen LogP contribution in [0.25, 0.3) is 0 Å². The molecule has 1 aliphatic rings. The second kappa shape index (κ2) is 8.58. The highest BCUT2D eigenvalue weighted by atomic mass is 16.3. The van der Waals surface area contributed by atoms with Gasteiger partial charge >= 0.3 is 0 Å². The monoisotopic (exact) mass is 288 g/mol. The highest BCUT2D eigenvalue weighted by Crippen LogP contribution is 2.40. The summed E-state index contributed by atoms with van der Waals surface area (Å²) in [5.74, 6) is 1.97. The Morgan fingerprint density at radius 2 is 1.90 bits per heavy atom. The highest BCUT2D eigenvalue weighted by Gasteiger charge is 2.31. The second-order valence-corrected chi connectivity index (χ2v) is 6.90. The van der Waals surface area contributed by atoms with Crippen molar-refractivity contribution in [2.75, 3.05) is 0 Å². The van der Waals surface area contributed by atoms with Crippen molar-refractivity contribution in [1.29, 1.82) is 0 Å². The molecular weight excluding hydrogens is 256 g/mol. The zero-order valence-electron chi connectivity index (χ0n) is 13.8. The standard InChI is InChI=1S/C20H32O/c1-3-5-9-16(4-2)14-19-15-18(12-13-20(19)21)17-10-7-6-8-11-17/h6-8,10-11,16,18-21H,3-5,9,12-15H2,1-2H3. The van der Waals surface area contributed by atoms with E-state index in [2.05, 4.69) is 44.2 Å². The van der Waals surface area contributed by atoms with Crippen molar-refractivity contribution in [3.05, 3.63) is 35.9 Å². The normalized spacial score (nSPS) is 27.5. The molecule has 0 aromatic heterocycles. The summed E-state index contributed by atoms with van der Waals surface area (Å²) in [6.45, 7) is 4.58. The van der Waals surface area contributed by atoms with E-state index in [9.17, 15) is 5.11 Å². The SMILES string of the molecule is CCCCC(CC)CC1CC(c2ccccc2)CCC1O. The van der Waals surface area contributed by atoms with Crippen LogP contribution >= 0.6 is 0 Å². The van der Waals surface area contributed by atoms with Crippen LogP contribution in [0.3, 0.4) is 0 Å². The predicted molar refractivity (Wildman–Crippen MR) is 90.5 cm³/mol. The molecule has 0 spiro atoms. The largest absolute Gasteiger partial charge is 0.393 e. The zero-order chi connectivity index (χ0) is 15.1. The summed E-state index contributed by atoms with van der Waals surface area (Å²) in [5.41, 5.74) is 1.47. The third kappa shape index (κ3) is 4.85. The molecule has 4 unspecified atom stereocenters. The van der Waals surface area contributed by atoms with Gasteiger partial charge in [0, 0.05) is 0 Å². The number of unbranched alkanes of at least 4 members (excludes halogenated alkanes) is 1. The fraction of sp³-hybridized carbons (Fsp3) is 0.700. The molecular formula is C20H32O. The lowest BCUT2D eigenvalue weighted by molar-refractivity contribution is 0.0469. The van der Waals surface area contributed by atoms with Crippen molar-refractivity contribution >= 4 is 0 Å². The fourth-order valence-corrected chi connectivity index (χ4v) is 3.94. The summed E-state index contributed by atoms with van der Waals surface area (Å²) in [7, 11) is 0. The van der Waals surface area contributed by atoms with E-state index in [4.69, 9.17) is 0 Å². The second-order valence-electron chi connectivity index (χ2n) is 6.90. The summed E-state index contributed by atoms with van der Waals surface area (Å²) >= 11 is 0. The van der Waals surface area contributed by atoms with Gasteiger partial charge in [0.25, 0.3) is 0 Å². The van der Waals surface area contributed by atoms with E-state index in [1.165, 1.54) is 44.1 Å². The summed E-state index contributed by atoms with van der Waals surface area (Å²) in [4.78, 5) is 0. The van der Waals surface area contributed by atoms with Crippen LogP contribution in [-0.4, -0.2) is 11.2 Å². The van der Waals surface area contributed by atoms with Crippen LogP contribution in [0.5, 0.6) is 0 Å². The molecule has 1 saturated carbocycles. The molecule has 0 amide bonds. The third-order valence-corrected chi connectivity index (χ3v) is 5.39. The van der Waals surface area contributed by atoms with Crippen molar-refractivity contribution < 1.29 is 5.11 Å². The molecule has 118 valence electrons. The first-order valence-electron chi connectivity index (χ1n) is 8.97. The summed E-state index contributed by atoms with van der Waals surface area (Å²) in [5, 5.41) is 10.4. The summed E-state index contributed by atoms with van der Waals surface area (Å²) in [6.07, 6.45) is 9.68. The number of aliphatic hydroxyl groups is 1. The van der Waals surface area contributed by atoms with Gasteiger partial charge < -0.3 is 5.11 Å². The van der Waals surface area contributed by atoms with Crippen molar-refractivity contribution in [2.24, 2.45) is 11.8 Å². The van der Waals surface area contributed by atoms with Crippen LogP contribution in [0.1, 0.15) is 76.7 Å². The maximum absolute atomic E-state index is 10.4. The molecule has 1 aromatic rings. The zero-order valence-corrected chi connectivity index (χ0v) is 13.8. The topological polar surface area (TPSA) is 20.2 Å². The van der Waals surface area contributed by atoms with Gasteiger partial charge in [0.2, 0.25) is 0 Å². The van der Waals surface area contributed by atoms with Gasteiger partial charge in [-0.15, -0.1) is 0 Å². The molecule has 1 fully saturated rings. The van der Waals surface area contributed by atoms with E-state index in [1.54, 1.807) is 0 Å². The minimum Gasteiger partial charge on any atom is -0.393 e. The number of benzene rings is 1. The number of aliphatic hydroxyl groups excluding tert-OH is 1. The minimum absolute atomic E-state index is 0.0689. The molecule has 1 nitrogen and oxygen atoms in total. The molecule has 1 heteroatoms. The van der Waals surface area contributed by atoms with Gasteiger partial charge in [0.05, 0.1) is 6.10 Å². The van der Waals surface area contributed by atoms with Gasteiger partial charge in [-0.25, -0.2) is 0 Å². The maximum Gasteiger partial charge on any atom is 0.0568 e. The van der Waals surface area contributed by atoms with Gasteiger partial charge in [-0.05, 0) is 49.0 Å². The van der Waals surface area contributed by atoms with Crippen molar-refractivity contribution in [2.45, 2.75) is 77.2 Å². The molecule has 21 heavy (non-hydrogen) atoms. The van der Waals surface area contributed by atoms with Crippen molar-refractivity contribution in [3.63, 3.8) is 0 Å². The van der Waals surface area contributed by atoms with Crippen LogP contribution < -0.4 is 0 Å². The number of hydrogen-bond acceptors (Lipinski definition) is 1. The van der Waals surface area contributed by atoms with Gasteiger partial charge in [-0.1, -0.05) is 69.9 Å². The molecule has 0 radical (unpaired) electrons. The lowest BCUT2D eigenvalue weighted by Gasteiger charge is -2.35. The van der Waals surface area contributed by atoms with Crippen LogP contribution in [-0.2, 0) is 0 Å². The third-order valence-electron chi connectivity index (χ3n) is 5.39. The van der Waals surface area contributed by atoms with Gasteiger partial charge in [-0.2, -0.15) is 0 Å². The van der Waals surface area contributed by atoms with Gasteiger partial charge in [-0.3, -0.25) is 0 Å². The Morgan fingerprint density at radius 1 is 1.14 bits per heavy atom. The lowest BCUT2D eigenvalue weighted by Crippen LogP contribution is -2.30. The average Bonchev–Trinajstić information content (AvgIpc) is 2.54.